The minimum absolute atomic E-state index is 0.0181. The molecule has 6 heteroatoms. The number of nitrogens with zero attached hydrogens (tertiary/aromatic N) is 1. The molecule has 0 saturated carbocycles. The highest BCUT2D eigenvalue weighted by molar-refractivity contribution is 5.96. The van der Waals surface area contributed by atoms with E-state index >= 15 is 0 Å². The van der Waals surface area contributed by atoms with Crippen molar-refractivity contribution in [3.63, 3.8) is 0 Å². The van der Waals surface area contributed by atoms with Crippen LogP contribution in [0.25, 0.3) is 0 Å². The zero-order chi connectivity index (χ0) is 12.7. The summed E-state index contributed by atoms with van der Waals surface area (Å²) in [4.78, 5) is 24.4. The highest BCUT2D eigenvalue weighted by atomic mass is 16.3. The van der Waals surface area contributed by atoms with Crippen LogP contribution < -0.4 is 10.6 Å². The van der Waals surface area contributed by atoms with E-state index in [2.05, 4.69) is 10.6 Å². The third kappa shape index (κ3) is 4.59. The van der Waals surface area contributed by atoms with E-state index in [-0.39, 0.29) is 18.6 Å². The number of rotatable bonds is 5. The average molecular weight is 231 g/mol. The van der Waals surface area contributed by atoms with Gasteiger partial charge in [0.25, 0.3) is 0 Å². The minimum atomic E-state index is -0.524. The van der Waals surface area contributed by atoms with E-state index in [1.54, 1.807) is 6.92 Å². The number of hydrogen-bond acceptors (Lipinski definition) is 4. The van der Waals surface area contributed by atoms with Crippen LogP contribution in [0.4, 0.5) is 4.79 Å². The zero-order valence-corrected chi connectivity index (χ0v) is 10.3. The summed E-state index contributed by atoms with van der Waals surface area (Å²) in [6.45, 7) is 5.95. The Bertz CT molecular complexity index is 243. The highest BCUT2D eigenvalue weighted by Crippen LogP contribution is 2.04. The number of carbonyl (C=O) groups excluding carboxylic acids is 2. The summed E-state index contributed by atoms with van der Waals surface area (Å²) in [5.74, 6) is -0.374. The Hall–Kier alpha value is -1.14. The third-order valence-electron chi connectivity index (χ3n) is 2.36. The van der Waals surface area contributed by atoms with Crippen molar-refractivity contribution in [2.75, 3.05) is 20.2 Å². The second kappa shape index (κ2) is 7.19. The van der Waals surface area contributed by atoms with Gasteiger partial charge < -0.3 is 10.4 Å². The Morgan fingerprint density at radius 1 is 1.31 bits per heavy atom. The van der Waals surface area contributed by atoms with Gasteiger partial charge in [0, 0.05) is 19.6 Å². The van der Waals surface area contributed by atoms with Gasteiger partial charge in [0.05, 0.1) is 12.6 Å². The molecule has 0 aromatic rings. The van der Waals surface area contributed by atoms with E-state index in [1.165, 1.54) is 7.05 Å². The Kier molecular flexibility index (Phi) is 6.67. The molecule has 0 fully saturated rings. The molecule has 0 aromatic heterocycles. The molecule has 0 aromatic carbocycles. The first-order valence-corrected chi connectivity index (χ1v) is 5.33. The van der Waals surface area contributed by atoms with Crippen LogP contribution in [-0.2, 0) is 4.79 Å². The maximum Gasteiger partial charge on any atom is 0.321 e. The molecule has 0 rings (SSSR count). The van der Waals surface area contributed by atoms with Gasteiger partial charge in [-0.1, -0.05) is 0 Å². The first-order valence-electron chi connectivity index (χ1n) is 5.33. The molecule has 3 N–H and O–H groups in total. The van der Waals surface area contributed by atoms with Crippen molar-refractivity contribution in [3.05, 3.63) is 0 Å². The summed E-state index contributed by atoms with van der Waals surface area (Å²) in [5.41, 5.74) is 0. The fraction of sp³-hybridized carbons (Fsp3) is 0.800. The summed E-state index contributed by atoms with van der Waals surface area (Å²) >= 11 is 0. The molecule has 0 saturated heterocycles. The van der Waals surface area contributed by atoms with Gasteiger partial charge in [-0.05, 0) is 20.8 Å². The predicted molar refractivity (Wildman–Crippen MR) is 61.0 cm³/mol. The maximum atomic E-state index is 11.6. The van der Waals surface area contributed by atoms with Gasteiger partial charge in [-0.2, -0.15) is 0 Å². The van der Waals surface area contributed by atoms with Crippen molar-refractivity contribution >= 4 is 11.9 Å². The van der Waals surface area contributed by atoms with Gasteiger partial charge in [-0.25, -0.2) is 4.79 Å². The van der Waals surface area contributed by atoms with E-state index in [4.69, 9.17) is 5.11 Å². The molecule has 0 aliphatic carbocycles. The van der Waals surface area contributed by atoms with Crippen LogP contribution in [0.15, 0.2) is 0 Å². The second-order valence-corrected chi connectivity index (χ2v) is 3.80. The van der Waals surface area contributed by atoms with Crippen molar-refractivity contribution in [1.82, 2.24) is 15.5 Å². The van der Waals surface area contributed by atoms with Crippen molar-refractivity contribution in [2.24, 2.45) is 0 Å². The lowest BCUT2D eigenvalue weighted by Gasteiger charge is -2.30. The van der Waals surface area contributed by atoms with Crippen LogP contribution in [0, 0.1) is 0 Å². The topological polar surface area (TPSA) is 81.7 Å². The summed E-state index contributed by atoms with van der Waals surface area (Å²) in [6.07, 6.45) is 0. The van der Waals surface area contributed by atoms with Crippen molar-refractivity contribution in [3.8, 4) is 0 Å². The normalized spacial score (nSPS) is 12.7. The van der Waals surface area contributed by atoms with Gasteiger partial charge in [0.15, 0.2) is 0 Å². The fourth-order valence-corrected chi connectivity index (χ4v) is 1.44. The van der Waals surface area contributed by atoms with Gasteiger partial charge >= 0.3 is 6.03 Å². The number of nitrogens with one attached hydrogen (secondary N) is 2. The zero-order valence-electron chi connectivity index (χ0n) is 10.3. The van der Waals surface area contributed by atoms with Crippen LogP contribution >= 0.6 is 0 Å². The Balaban J connectivity index is 4.42. The smallest absolute Gasteiger partial charge is 0.321 e. The predicted octanol–water partition coefficient (Wildman–Crippen LogP) is -0.467. The van der Waals surface area contributed by atoms with E-state index in [1.807, 2.05) is 18.7 Å². The number of aliphatic hydroxyl groups excluding tert-OH is 1. The Morgan fingerprint density at radius 2 is 1.88 bits per heavy atom. The molecule has 0 radical (unpaired) electrons. The van der Waals surface area contributed by atoms with Crippen molar-refractivity contribution in [2.45, 2.75) is 32.9 Å². The fourth-order valence-electron chi connectivity index (χ4n) is 1.44. The summed E-state index contributed by atoms with van der Waals surface area (Å²) in [7, 11) is 1.45. The number of carbonyl (C=O) groups is 2. The minimum Gasteiger partial charge on any atom is -0.395 e. The van der Waals surface area contributed by atoms with E-state index in [0.717, 1.165) is 0 Å². The van der Waals surface area contributed by atoms with Gasteiger partial charge in [-0.3, -0.25) is 15.0 Å². The van der Waals surface area contributed by atoms with Gasteiger partial charge in [0.1, 0.15) is 0 Å². The largest absolute Gasteiger partial charge is 0.395 e. The monoisotopic (exact) mass is 231 g/mol. The van der Waals surface area contributed by atoms with E-state index in [0.29, 0.717) is 6.54 Å². The maximum absolute atomic E-state index is 11.6. The summed E-state index contributed by atoms with van der Waals surface area (Å²) in [5, 5.41) is 13.4. The number of urea groups is 1. The quantitative estimate of drug-likeness (QED) is 0.597. The Morgan fingerprint density at radius 3 is 2.25 bits per heavy atom. The number of hydrogen-bond donors (Lipinski definition) is 3. The lowest BCUT2D eigenvalue weighted by Crippen LogP contribution is -2.51. The lowest BCUT2D eigenvalue weighted by molar-refractivity contribution is -0.125. The molecule has 0 aliphatic rings. The molecule has 0 spiro atoms. The molecule has 0 heterocycles. The molecule has 0 bridgehead atoms. The molecular weight excluding hydrogens is 210 g/mol. The SMILES string of the molecule is CNC(=O)NC(=O)C(C)N(CCO)C(C)C. The molecule has 1 atom stereocenters. The molecule has 1 unspecified atom stereocenters. The van der Waals surface area contributed by atoms with Crippen molar-refractivity contribution < 1.29 is 14.7 Å². The highest BCUT2D eigenvalue weighted by Gasteiger charge is 2.24. The molecule has 94 valence electrons. The third-order valence-corrected chi connectivity index (χ3v) is 2.36. The van der Waals surface area contributed by atoms with Gasteiger partial charge in [0.2, 0.25) is 5.91 Å². The van der Waals surface area contributed by atoms with Crippen LogP contribution in [0.1, 0.15) is 20.8 Å². The lowest BCUT2D eigenvalue weighted by atomic mass is 10.2. The number of amides is 3. The van der Waals surface area contributed by atoms with Crippen molar-refractivity contribution in [1.29, 1.82) is 0 Å². The number of imide groups is 1. The molecule has 0 aliphatic heterocycles. The molecule has 6 nitrogen and oxygen atoms in total. The van der Waals surface area contributed by atoms with Crippen LogP contribution in [0.2, 0.25) is 0 Å². The average Bonchev–Trinajstić information content (AvgIpc) is 2.24. The first-order chi connectivity index (χ1) is 7.43. The first kappa shape index (κ1) is 14.9. The Labute approximate surface area is 96.0 Å². The van der Waals surface area contributed by atoms with E-state index in [9.17, 15) is 9.59 Å². The van der Waals surface area contributed by atoms with Crippen LogP contribution in [0.5, 0.6) is 0 Å². The van der Waals surface area contributed by atoms with Crippen LogP contribution in [0.3, 0.4) is 0 Å². The number of aliphatic hydroxyl groups is 1. The standard InChI is InChI=1S/C10H21N3O3/c1-7(2)13(5-6-14)8(3)9(15)12-10(16)11-4/h7-8,14H,5-6H2,1-4H3,(H2,11,12,15,16). The van der Waals surface area contributed by atoms with Gasteiger partial charge in [-0.15, -0.1) is 0 Å². The summed E-state index contributed by atoms with van der Waals surface area (Å²) < 4.78 is 0. The molecule has 3 amide bonds. The molecule has 16 heavy (non-hydrogen) atoms. The van der Waals surface area contributed by atoms with E-state index < -0.39 is 12.1 Å². The van der Waals surface area contributed by atoms with Crippen LogP contribution in [-0.4, -0.2) is 54.2 Å². The summed E-state index contributed by atoms with van der Waals surface area (Å²) in [6, 6.07) is -0.855. The second-order valence-electron chi connectivity index (χ2n) is 3.80. The molecular formula is C10H21N3O3.